The molecule has 2 aromatic heterocycles. The Kier molecular flexibility index (Phi) is 3.33. The number of nitrogens with two attached hydrogens (primary N) is 1. The Morgan fingerprint density at radius 2 is 2.00 bits per heavy atom. The third-order valence-corrected chi connectivity index (χ3v) is 4.20. The molecule has 2 unspecified atom stereocenters. The second kappa shape index (κ2) is 5.50. The number of aromatic nitrogens is 3. The Labute approximate surface area is 134 Å². The zero-order valence-corrected chi connectivity index (χ0v) is 12.9. The van der Waals surface area contributed by atoms with Crippen molar-refractivity contribution in [3.8, 4) is 5.88 Å². The van der Waals surface area contributed by atoms with E-state index in [-0.39, 0.29) is 0 Å². The van der Waals surface area contributed by atoms with Crippen LogP contribution in [0, 0.1) is 12.8 Å². The van der Waals surface area contributed by atoms with Gasteiger partial charge < -0.3 is 10.5 Å². The van der Waals surface area contributed by atoms with Crippen LogP contribution in [0.1, 0.15) is 23.9 Å². The number of nitrogens with zero attached hydrogens (tertiary/aromatic N) is 3. The van der Waals surface area contributed by atoms with Crippen molar-refractivity contribution in [3.05, 3.63) is 54.0 Å². The Hall–Kier alpha value is -2.69. The zero-order valence-electron chi connectivity index (χ0n) is 12.9. The van der Waals surface area contributed by atoms with Crippen LogP contribution in [0.15, 0.2) is 42.5 Å². The number of rotatable bonds is 4. The predicted octanol–water partition coefficient (Wildman–Crippen LogP) is 3.10. The molecule has 0 radical (unpaired) electrons. The number of nitrogen functional groups attached to an aromatic ring is 1. The first-order valence-electron chi connectivity index (χ1n) is 7.79. The van der Waals surface area contributed by atoms with E-state index >= 15 is 0 Å². The molecule has 0 amide bonds. The van der Waals surface area contributed by atoms with Gasteiger partial charge in [-0.15, -0.1) is 0 Å². The van der Waals surface area contributed by atoms with Crippen LogP contribution >= 0.6 is 0 Å². The lowest BCUT2D eigenvalue weighted by atomic mass is 10.1. The quantitative estimate of drug-likeness (QED) is 0.801. The van der Waals surface area contributed by atoms with Gasteiger partial charge in [0.05, 0.1) is 12.1 Å². The van der Waals surface area contributed by atoms with E-state index in [4.69, 9.17) is 15.5 Å². The van der Waals surface area contributed by atoms with Gasteiger partial charge in [0.1, 0.15) is 11.6 Å². The number of benzene rings is 1. The molecule has 5 nitrogen and oxygen atoms in total. The minimum atomic E-state index is 0.441. The molecular weight excluding hydrogens is 288 g/mol. The number of aryl methyl sites for hydroxylation is 1. The lowest BCUT2D eigenvalue weighted by Gasteiger charge is -2.06. The molecule has 4 rings (SSSR count). The monoisotopic (exact) mass is 306 g/mol. The van der Waals surface area contributed by atoms with Gasteiger partial charge >= 0.3 is 0 Å². The normalized spacial score (nSPS) is 19.7. The summed E-state index contributed by atoms with van der Waals surface area (Å²) in [7, 11) is 0. The lowest BCUT2D eigenvalue weighted by Crippen LogP contribution is -2.05. The molecule has 116 valence electrons. The molecule has 0 aliphatic heterocycles. The first-order chi connectivity index (χ1) is 11.2. The standard InChI is InChI=1S/C18H18N4O/c1-11-20-17(19)9-18(21-11)23-10-13-8-14(13)16-7-6-12-4-2-3-5-15(12)22-16/h2-7,9,13-14H,8,10H2,1H3,(H2,19,20,21). The highest BCUT2D eigenvalue weighted by molar-refractivity contribution is 5.78. The van der Waals surface area contributed by atoms with Crippen LogP contribution in [0.3, 0.4) is 0 Å². The molecule has 2 N–H and O–H groups in total. The summed E-state index contributed by atoms with van der Waals surface area (Å²) in [4.78, 5) is 13.1. The SMILES string of the molecule is Cc1nc(N)cc(OCC2CC2c2ccc3ccccc3n2)n1. The maximum atomic E-state index is 5.77. The third-order valence-electron chi connectivity index (χ3n) is 4.20. The van der Waals surface area contributed by atoms with Gasteiger partial charge in [0.25, 0.3) is 0 Å². The molecule has 1 saturated carbocycles. The molecule has 1 aliphatic rings. The van der Waals surface area contributed by atoms with Gasteiger partial charge in [0, 0.05) is 29.0 Å². The number of fused-ring (bicyclic) bond motifs is 1. The summed E-state index contributed by atoms with van der Waals surface area (Å²) in [6.45, 7) is 2.44. The second-order valence-corrected chi connectivity index (χ2v) is 6.02. The molecule has 0 saturated heterocycles. The van der Waals surface area contributed by atoms with Crippen LogP contribution < -0.4 is 10.5 Å². The highest BCUT2D eigenvalue weighted by Gasteiger charge is 2.40. The number of pyridine rings is 1. The fourth-order valence-corrected chi connectivity index (χ4v) is 2.91. The molecule has 1 aliphatic carbocycles. The third kappa shape index (κ3) is 2.95. The van der Waals surface area contributed by atoms with Gasteiger partial charge in [0.15, 0.2) is 0 Å². The molecule has 2 heterocycles. The largest absolute Gasteiger partial charge is 0.477 e. The van der Waals surface area contributed by atoms with Gasteiger partial charge in [-0.3, -0.25) is 4.98 Å². The maximum absolute atomic E-state index is 5.77. The Balaban J connectivity index is 1.43. The van der Waals surface area contributed by atoms with Gasteiger partial charge in [-0.25, -0.2) is 4.98 Å². The van der Waals surface area contributed by atoms with E-state index in [1.54, 1.807) is 6.07 Å². The number of hydrogen-bond donors (Lipinski definition) is 1. The molecule has 23 heavy (non-hydrogen) atoms. The number of anilines is 1. The summed E-state index contributed by atoms with van der Waals surface area (Å²) in [5.74, 6) is 2.58. The minimum Gasteiger partial charge on any atom is -0.477 e. The molecule has 5 heteroatoms. The van der Waals surface area contributed by atoms with Crippen molar-refractivity contribution < 1.29 is 4.74 Å². The lowest BCUT2D eigenvalue weighted by molar-refractivity contribution is 0.284. The summed E-state index contributed by atoms with van der Waals surface area (Å²) in [5, 5.41) is 1.18. The van der Waals surface area contributed by atoms with E-state index in [9.17, 15) is 0 Å². The average molecular weight is 306 g/mol. The van der Waals surface area contributed by atoms with E-state index in [2.05, 4.69) is 34.2 Å². The van der Waals surface area contributed by atoms with Gasteiger partial charge in [-0.1, -0.05) is 24.3 Å². The second-order valence-electron chi connectivity index (χ2n) is 6.02. The summed E-state index contributed by atoms with van der Waals surface area (Å²) in [5.41, 5.74) is 7.91. The van der Waals surface area contributed by atoms with Crippen molar-refractivity contribution in [2.75, 3.05) is 12.3 Å². The number of ether oxygens (including phenoxy) is 1. The van der Waals surface area contributed by atoms with Crippen molar-refractivity contribution in [1.29, 1.82) is 0 Å². The molecular formula is C18H18N4O. The fourth-order valence-electron chi connectivity index (χ4n) is 2.91. The van der Waals surface area contributed by atoms with E-state index in [0.717, 1.165) is 17.6 Å². The van der Waals surface area contributed by atoms with Crippen LogP contribution in [0.5, 0.6) is 5.88 Å². The van der Waals surface area contributed by atoms with E-state index in [1.165, 1.54) is 5.39 Å². The van der Waals surface area contributed by atoms with E-state index in [0.29, 0.717) is 36.0 Å². The average Bonchev–Trinajstić information content (AvgIpc) is 3.31. The smallest absolute Gasteiger partial charge is 0.218 e. The summed E-state index contributed by atoms with van der Waals surface area (Å²) in [6.07, 6.45) is 1.10. The highest BCUT2D eigenvalue weighted by Crippen LogP contribution is 2.47. The topological polar surface area (TPSA) is 73.9 Å². The van der Waals surface area contributed by atoms with Crippen molar-refractivity contribution in [3.63, 3.8) is 0 Å². The predicted molar refractivity (Wildman–Crippen MR) is 89.3 cm³/mol. The Bertz CT molecular complexity index is 844. The van der Waals surface area contributed by atoms with Crippen LogP contribution in [-0.4, -0.2) is 21.6 Å². The fraction of sp³-hybridized carbons (Fsp3) is 0.278. The van der Waals surface area contributed by atoms with Crippen molar-refractivity contribution in [1.82, 2.24) is 15.0 Å². The van der Waals surface area contributed by atoms with Crippen LogP contribution in [0.25, 0.3) is 10.9 Å². The zero-order chi connectivity index (χ0) is 15.8. The minimum absolute atomic E-state index is 0.441. The van der Waals surface area contributed by atoms with E-state index < -0.39 is 0 Å². The molecule has 2 atom stereocenters. The highest BCUT2D eigenvalue weighted by atomic mass is 16.5. The molecule has 1 aromatic carbocycles. The molecule has 0 spiro atoms. The summed E-state index contributed by atoms with van der Waals surface area (Å²) < 4.78 is 5.77. The molecule has 3 aromatic rings. The van der Waals surface area contributed by atoms with Gasteiger partial charge in [-0.2, -0.15) is 4.98 Å². The van der Waals surface area contributed by atoms with Crippen molar-refractivity contribution >= 4 is 16.7 Å². The van der Waals surface area contributed by atoms with Gasteiger partial charge in [-0.05, 0) is 25.5 Å². The van der Waals surface area contributed by atoms with Gasteiger partial charge in [0.2, 0.25) is 5.88 Å². The first kappa shape index (κ1) is 13.9. The molecule has 1 fully saturated rings. The van der Waals surface area contributed by atoms with Crippen LogP contribution in [0.4, 0.5) is 5.82 Å². The van der Waals surface area contributed by atoms with E-state index in [1.807, 2.05) is 19.1 Å². The maximum Gasteiger partial charge on any atom is 0.218 e. The van der Waals surface area contributed by atoms with Crippen LogP contribution in [0.2, 0.25) is 0 Å². The number of para-hydroxylation sites is 1. The van der Waals surface area contributed by atoms with Crippen LogP contribution in [-0.2, 0) is 0 Å². The van der Waals surface area contributed by atoms with Crippen molar-refractivity contribution in [2.24, 2.45) is 5.92 Å². The molecule has 0 bridgehead atoms. The Morgan fingerprint density at radius 3 is 2.87 bits per heavy atom. The summed E-state index contributed by atoms with van der Waals surface area (Å²) in [6, 6.07) is 14.1. The number of hydrogen-bond acceptors (Lipinski definition) is 5. The first-order valence-corrected chi connectivity index (χ1v) is 7.79. The van der Waals surface area contributed by atoms with Crippen molar-refractivity contribution in [2.45, 2.75) is 19.3 Å². The Morgan fingerprint density at radius 1 is 1.13 bits per heavy atom. The summed E-state index contributed by atoms with van der Waals surface area (Å²) >= 11 is 0.